The summed E-state index contributed by atoms with van der Waals surface area (Å²) in [6, 6.07) is 0. The number of carbonyl (C=O) groups excluding carboxylic acids is 1. The Morgan fingerprint density at radius 1 is 1.39 bits per heavy atom. The number of amides is 1. The zero-order valence-electron chi connectivity index (χ0n) is 12.8. The van der Waals surface area contributed by atoms with Crippen LogP contribution in [-0.4, -0.2) is 45.1 Å². The van der Waals surface area contributed by atoms with Gasteiger partial charge in [0.1, 0.15) is 4.86 Å². The molecule has 128 valence electrons. The average Bonchev–Trinajstić information content (AvgIpc) is 2.54. The van der Waals surface area contributed by atoms with Crippen molar-refractivity contribution in [3.8, 4) is 0 Å². The molecule has 0 aliphatic heterocycles. The summed E-state index contributed by atoms with van der Waals surface area (Å²) < 4.78 is 43.1. The van der Waals surface area contributed by atoms with Gasteiger partial charge in [0.25, 0.3) is 0 Å². The van der Waals surface area contributed by atoms with Crippen LogP contribution in [0.4, 0.5) is 4.39 Å². The van der Waals surface area contributed by atoms with Crippen LogP contribution in [0.15, 0.2) is 22.3 Å². The van der Waals surface area contributed by atoms with E-state index in [1.807, 2.05) is 0 Å². The fourth-order valence-corrected chi connectivity index (χ4v) is 3.79. The molecule has 0 bridgehead atoms. The Bertz CT molecular complexity index is 670. The van der Waals surface area contributed by atoms with E-state index in [9.17, 15) is 17.6 Å². The van der Waals surface area contributed by atoms with Gasteiger partial charge in [-0.15, -0.1) is 0 Å². The number of ether oxygens (including phenoxy) is 1. The smallest absolute Gasteiger partial charge is 0.250 e. The molecule has 0 aromatic carbocycles. The minimum absolute atomic E-state index is 0.0208. The van der Waals surface area contributed by atoms with Crippen molar-refractivity contribution in [3.05, 3.63) is 22.3 Å². The topological polar surface area (TPSA) is 72.5 Å². The Balaban J connectivity index is 2.28. The van der Waals surface area contributed by atoms with Crippen LogP contribution in [0.2, 0.25) is 0 Å². The molecule has 1 amide bonds. The summed E-state index contributed by atoms with van der Waals surface area (Å²) in [7, 11) is -1.49. The second-order valence-corrected chi connectivity index (χ2v) is 6.85. The van der Waals surface area contributed by atoms with Crippen LogP contribution in [0.1, 0.15) is 32.1 Å². The zero-order chi connectivity index (χ0) is 17.0. The Labute approximate surface area is 141 Å². The molecule has 1 N–H and O–H groups in total. The number of allylic oxidation sites excluding steroid dienone is 2. The third-order valence-corrected chi connectivity index (χ3v) is 5.21. The fourth-order valence-electron chi connectivity index (χ4n) is 2.79. The molecule has 5 nitrogen and oxygen atoms in total. The highest BCUT2D eigenvalue weighted by Crippen LogP contribution is 2.29. The molecule has 0 aromatic heterocycles. The van der Waals surface area contributed by atoms with Gasteiger partial charge < -0.3 is 10.1 Å². The van der Waals surface area contributed by atoms with E-state index < -0.39 is 27.2 Å². The van der Waals surface area contributed by atoms with Gasteiger partial charge in [-0.25, -0.2) is 4.39 Å². The predicted molar refractivity (Wildman–Crippen MR) is 86.7 cm³/mol. The van der Waals surface area contributed by atoms with Crippen molar-refractivity contribution in [2.45, 2.75) is 44.4 Å². The van der Waals surface area contributed by atoms with Gasteiger partial charge in [-0.2, -0.15) is 8.42 Å². The van der Waals surface area contributed by atoms with Gasteiger partial charge in [-0.05, 0) is 18.9 Å². The SMILES string of the molecule is CNC(=O)C1=CC(Cl)=C(COC2CCCCC2)C(=S(=O)=O)C1F. The lowest BCUT2D eigenvalue weighted by molar-refractivity contribution is -0.117. The second-order valence-electron chi connectivity index (χ2n) is 5.54. The maximum absolute atomic E-state index is 14.5. The number of likely N-dealkylation sites (N-methyl/N-ethyl adjacent to an activating group) is 1. The number of alkyl halides is 1. The molecular formula is C15H19ClFNO4S. The molecule has 0 saturated heterocycles. The molecule has 1 saturated carbocycles. The van der Waals surface area contributed by atoms with E-state index in [0.717, 1.165) is 32.1 Å². The lowest BCUT2D eigenvalue weighted by Crippen LogP contribution is -2.35. The summed E-state index contributed by atoms with van der Waals surface area (Å²) in [5.74, 6) is -0.703. The molecule has 2 rings (SSSR count). The molecule has 0 radical (unpaired) electrons. The summed E-state index contributed by atoms with van der Waals surface area (Å²) in [6.07, 6.45) is 4.25. The summed E-state index contributed by atoms with van der Waals surface area (Å²) in [4.78, 5) is 11.1. The number of hydrogen-bond acceptors (Lipinski definition) is 4. The highest BCUT2D eigenvalue weighted by molar-refractivity contribution is 7.73. The van der Waals surface area contributed by atoms with Gasteiger partial charge in [-0.1, -0.05) is 30.9 Å². The first-order valence-electron chi connectivity index (χ1n) is 7.50. The minimum atomic E-state index is -2.83. The summed E-state index contributed by atoms with van der Waals surface area (Å²) in [5, 5.41) is 2.29. The highest BCUT2D eigenvalue weighted by atomic mass is 35.5. The Hall–Kier alpha value is -1.18. The Kier molecular flexibility index (Phi) is 6.38. The van der Waals surface area contributed by atoms with Crippen molar-refractivity contribution < 1.29 is 22.3 Å². The van der Waals surface area contributed by atoms with Crippen molar-refractivity contribution in [3.63, 3.8) is 0 Å². The van der Waals surface area contributed by atoms with Crippen molar-refractivity contribution in [2.75, 3.05) is 13.7 Å². The molecule has 0 aromatic rings. The van der Waals surface area contributed by atoms with Gasteiger partial charge in [0.15, 0.2) is 6.17 Å². The van der Waals surface area contributed by atoms with E-state index in [2.05, 4.69) is 5.32 Å². The second kappa shape index (κ2) is 8.08. The Morgan fingerprint density at radius 3 is 2.61 bits per heavy atom. The van der Waals surface area contributed by atoms with Crippen LogP contribution in [-0.2, 0) is 19.8 Å². The highest BCUT2D eigenvalue weighted by Gasteiger charge is 2.34. The molecule has 1 unspecified atom stereocenters. The van der Waals surface area contributed by atoms with Crippen LogP contribution >= 0.6 is 11.6 Å². The molecule has 23 heavy (non-hydrogen) atoms. The van der Waals surface area contributed by atoms with E-state index in [0.29, 0.717) is 0 Å². The van der Waals surface area contributed by atoms with E-state index >= 15 is 0 Å². The molecule has 2 aliphatic carbocycles. The van der Waals surface area contributed by atoms with E-state index in [4.69, 9.17) is 16.3 Å². The zero-order valence-corrected chi connectivity index (χ0v) is 14.3. The quantitative estimate of drug-likeness (QED) is 0.774. The first-order valence-corrected chi connectivity index (χ1v) is 8.95. The van der Waals surface area contributed by atoms with Crippen LogP contribution in [0.3, 0.4) is 0 Å². The number of carbonyl (C=O) groups is 1. The van der Waals surface area contributed by atoms with Crippen molar-refractivity contribution in [1.29, 1.82) is 0 Å². The van der Waals surface area contributed by atoms with Gasteiger partial charge >= 0.3 is 0 Å². The maximum atomic E-state index is 14.5. The molecule has 2 aliphatic rings. The standard InChI is InChI=1S/C15H19ClFNO4S/c1-18-15(19)10-7-12(16)11(14(13(10)17)23(20)21)8-22-9-5-3-2-4-6-9/h7,9,13H,2-6,8H2,1H3,(H,18,19). The predicted octanol–water partition coefficient (Wildman–Crippen LogP) is 1.90. The monoisotopic (exact) mass is 363 g/mol. The fraction of sp³-hybridized carbons (Fsp3) is 0.600. The van der Waals surface area contributed by atoms with Gasteiger partial charge in [0.2, 0.25) is 16.2 Å². The molecular weight excluding hydrogens is 345 g/mol. The normalized spacial score (nSPS) is 22.8. The van der Waals surface area contributed by atoms with Crippen LogP contribution in [0.25, 0.3) is 0 Å². The molecule has 1 atom stereocenters. The first kappa shape index (κ1) is 18.2. The van der Waals surface area contributed by atoms with Crippen LogP contribution in [0.5, 0.6) is 0 Å². The van der Waals surface area contributed by atoms with Crippen LogP contribution < -0.4 is 5.32 Å². The third-order valence-electron chi connectivity index (χ3n) is 4.06. The summed E-state index contributed by atoms with van der Waals surface area (Å²) >= 11 is 6.08. The maximum Gasteiger partial charge on any atom is 0.250 e. The number of nitrogens with one attached hydrogen (secondary N) is 1. The van der Waals surface area contributed by atoms with E-state index in [1.165, 1.54) is 13.1 Å². The Morgan fingerprint density at radius 2 is 2.04 bits per heavy atom. The third kappa shape index (κ3) is 4.22. The van der Waals surface area contributed by atoms with Gasteiger partial charge in [-0.3, -0.25) is 4.79 Å². The van der Waals surface area contributed by atoms with E-state index in [1.54, 1.807) is 0 Å². The van der Waals surface area contributed by atoms with Crippen LogP contribution in [0, 0.1) is 0 Å². The summed E-state index contributed by atoms with van der Waals surface area (Å²) in [6.45, 7) is -0.0786. The molecule has 8 heteroatoms. The average molecular weight is 364 g/mol. The van der Waals surface area contributed by atoms with Crippen molar-refractivity contribution >= 4 is 32.7 Å². The lowest BCUT2D eigenvalue weighted by atomic mass is 9.95. The first-order chi connectivity index (χ1) is 11.0. The van der Waals surface area contributed by atoms with Gasteiger partial charge in [0, 0.05) is 17.7 Å². The number of hydrogen-bond donors (Lipinski definition) is 1. The number of halogens is 2. The largest absolute Gasteiger partial charge is 0.373 e. The van der Waals surface area contributed by atoms with E-state index in [-0.39, 0.29) is 28.9 Å². The van der Waals surface area contributed by atoms with Crippen molar-refractivity contribution in [2.24, 2.45) is 0 Å². The lowest BCUT2D eigenvalue weighted by Gasteiger charge is -2.25. The summed E-state index contributed by atoms with van der Waals surface area (Å²) in [5.41, 5.74) is -0.233. The molecule has 0 spiro atoms. The van der Waals surface area contributed by atoms with Gasteiger partial charge in [0.05, 0.1) is 18.3 Å². The number of rotatable bonds is 4. The van der Waals surface area contributed by atoms with Crippen molar-refractivity contribution in [1.82, 2.24) is 5.32 Å². The minimum Gasteiger partial charge on any atom is -0.373 e. The molecule has 0 heterocycles. The molecule has 1 fully saturated rings.